The summed E-state index contributed by atoms with van der Waals surface area (Å²) in [5.74, 6) is 0.0567. The van der Waals surface area contributed by atoms with Crippen molar-refractivity contribution in [1.29, 1.82) is 5.26 Å². The number of nitrogens with zero attached hydrogens (tertiary/aromatic N) is 3. The highest BCUT2D eigenvalue weighted by atomic mass is 32.2. The molecule has 130 valence electrons. The Hall–Kier alpha value is -2.32. The molecule has 25 heavy (non-hydrogen) atoms. The highest BCUT2D eigenvalue weighted by Crippen LogP contribution is 2.28. The molecule has 0 aliphatic carbocycles. The van der Waals surface area contributed by atoms with Crippen LogP contribution in [-0.4, -0.2) is 27.6 Å². The zero-order chi connectivity index (χ0) is 18.4. The first-order valence-corrected chi connectivity index (χ1v) is 9.22. The van der Waals surface area contributed by atoms with Crippen LogP contribution in [0.1, 0.15) is 36.2 Å². The average molecular weight is 353 g/mol. The predicted octanol–water partition coefficient (Wildman–Crippen LogP) is 4.10. The van der Waals surface area contributed by atoms with Gasteiger partial charge in [0.1, 0.15) is 11.1 Å². The minimum Gasteiger partial charge on any atom is -0.338 e. The zero-order valence-electron chi connectivity index (χ0n) is 15.1. The Kier molecular flexibility index (Phi) is 6.60. The fourth-order valence-electron chi connectivity index (χ4n) is 2.65. The number of thioether (sulfide) groups is 1. The molecule has 1 amide bonds. The Morgan fingerprint density at radius 1 is 1.32 bits per heavy atom. The third kappa shape index (κ3) is 4.83. The Morgan fingerprint density at radius 2 is 2.00 bits per heavy atom. The normalized spacial score (nSPS) is 11.6. The van der Waals surface area contributed by atoms with Crippen LogP contribution < -0.4 is 0 Å². The van der Waals surface area contributed by atoms with Crippen molar-refractivity contribution in [3.8, 4) is 6.07 Å². The first kappa shape index (κ1) is 19.0. The van der Waals surface area contributed by atoms with Crippen molar-refractivity contribution >= 4 is 17.7 Å². The molecule has 1 unspecified atom stereocenters. The standard InChI is InChI=1S/C20H23N3OS/c1-5-23(13-17-9-7-6-8-10-17)20(24)16(4)25-19-18(12-21)14(2)11-15(3)22-19/h6-11,16H,5,13H2,1-4H3. The van der Waals surface area contributed by atoms with E-state index in [0.29, 0.717) is 23.7 Å². The summed E-state index contributed by atoms with van der Waals surface area (Å²) in [7, 11) is 0. The SMILES string of the molecule is CCN(Cc1ccccc1)C(=O)C(C)Sc1nc(C)cc(C)c1C#N. The van der Waals surface area contributed by atoms with Crippen molar-refractivity contribution in [2.45, 2.75) is 44.5 Å². The molecule has 1 atom stereocenters. The first-order chi connectivity index (χ1) is 12.0. The molecule has 4 nitrogen and oxygen atoms in total. The van der Waals surface area contributed by atoms with E-state index in [0.717, 1.165) is 16.8 Å². The molecule has 0 N–H and O–H groups in total. The number of carbonyl (C=O) groups excluding carboxylic acids is 1. The number of aryl methyl sites for hydroxylation is 2. The van der Waals surface area contributed by atoms with Gasteiger partial charge in [-0.1, -0.05) is 42.1 Å². The summed E-state index contributed by atoms with van der Waals surface area (Å²) in [6.07, 6.45) is 0. The van der Waals surface area contributed by atoms with E-state index in [4.69, 9.17) is 0 Å². The number of carbonyl (C=O) groups is 1. The lowest BCUT2D eigenvalue weighted by Gasteiger charge is -2.24. The van der Waals surface area contributed by atoms with Gasteiger partial charge < -0.3 is 4.90 Å². The maximum Gasteiger partial charge on any atom is 0.236 e. The smallest absolute Gasteiger partial charge is 0.236 e. The Bertz CT molecular complexity index is 784. The van der Waals surface area contributed by atoms with Crippen molar-refractivity contribution in [1.82, 2.24) is 9.88 Å². The van der Waals surface area contributed by atoms with Gasteiger partial charge in [0.15, 0.2) is 0 Å². The summed E-state index contributed by atoms with van der Waals surface area (Å²) >= 11 is 1.36. The fourth-order valence-corrected chi connectivity index (χ4v) is 3.75. The van der Waals surface area contributed by atoms with E-state index < -0.39 is 0 Å². The third-order valence-electron chi connectivity index (χ3n) is 3.97. The van der Waals surface area contributed by atoms with Crippen LogP contribution >= 0.6 is 11.8 Å². The number of nitriles is 1. The number of aromatic nitrogens is 1. The van der Waals surface area contributed by atoms with Gasteiger partial charge in [-0.25, -0.2) is 4.98 Å². The van der Waals surface area contributed by atoms with Crippen LogP contribution in [-0.2, 0) is 11.3 Å². The molecule has 5 heteroatoms. The van der Waals surface area contributed by atoms with E-state index in [1.165, 1.54) is 11.8 Å². The van der Waals surface area contributed by atoms with Gasteiger partial charge >= 0.3 is 0 Å². The van der Waals surface area contributed by atoms with Gasteiger partial charge in [0.25, 0.3) is 0 Å². The fraction of sp³-hybridized carbons (Fsp3) is 0.350. The zero-order valence-corrected chi connectivity index (χ0v) is 15.9. The van der Waals surface area contributed by atoms with Crippen LogP contribution in [0.3, 0.4) is 0 Å². The molecule has 0 saturated heterocycles. The van der Waals surface area contributed by atoms with E-state index >= 15 is 0 Å². The van der Waals surface area contributed by atoms with E-state index in [9.17, 15) is 10.1 Å². The number of amides is 1. The lowest BCUT2D eigenvalue weighted by atomic mass is 10.1. The second kappa shape index (κ2) is 8.68. The summed E-state index contributed by atoms with van der Waals surface area (Å²) in [6, 6.07) is 14.1. The Morgan fingerprint density at radius 3 is 2.60 bits per heavy atom. The number of rotatable bonds is 6. The number of benzene rings is 1. The van der Waals surface area contributed by atoms with E-state index in [2.05, 4.69) is 11.1 Å². The minimum atomic E-state index is -0.301. The largest absolute Gasteiger partial charge is 0.338 e. The topological polar surface area (TPSA) is 57.0 Å². The predicted molar refractivity (Wildman–Crippen MR) is 101 cm³/mol. The molecule has 0 spiro atoms. The summed E-state index contributed by atoms with van der Waals surface area (Å²) in [5.41, 5.74) is 3.42. The minimum absolute atomic E-state index is 0.0567. The second-order valence-corrected chi connectivity index (χ2v) is 7.30. The third-order valence-corrected chi connectivity index (χ3v) is 5.04. The molecule has 2 aromatic rings. The van der Waals surface area contributed by atoms with Crippen LogP contribution in [0, 0.1) is 25.2 Å². The number of hydrogen-bond acceptors (Lipinski definition) is 4. The van der Waals surface area contributed by atoms with Gasteiger partial charge in [-0.15, -0.1) is 0 Å². The average Bonchev–Trinajstić information content (AvgIpc) is 2.59. The summed E-state index contributed by atoms with van der Waals surface area (Å²) in [4.78, 5) is 19.1. The maximum atomic E-state index is 12.8. The molecule has 0 saturated carbocycles. The van der Waals surface area contributed by atoms with Crippen molar-refractivity contribution in [3.63, 3.8) is 0 Å². The summed E-state index contributed by atoms with van der Waals surface area (Å²) in [6.45, 7) is 8.89. The molecule has 2 rings (SSSR count). The summed E-state index contributed by atoms with van der Waals surface area (Å²) < 4.78 is 0. The Labute approximate surface area is 153 Å². The molecule has 0 aliphatic rings. The molecule has 1 aromatic heterocycles. The Balaban J connectivity index is 2.15. The van der Waals surface area contributed by atoms with Gasteiger partial charge in [-0.2, -0.15) is 5.26 Å². The first-order valence-electron chi connectivity index (χ1n) is 8.34. The van der Waals surface area contributed by atoms with Gasteiger partial charge in [0, 0.05) is 18.8 Å². The quantitative estimate of drug-likeness (QED) is 0.734. The van der Waals surface area contributed by atoms with Crippen LogP contribution in [0.4, 0.5) is 0 Å². The van der Waals surface area contributed by atoms with Crippen LogP contribution in [0.2, 0.25) is 0 Å². The van der Waals surface area contributed by atoms with Crippen LogP contribution in [0.5, 0.6) is 0 Å². The van der Waals surface area contributed by atoms with Gasteiger partial charge in [0.2, 0.25) is 5.91 Å². The highest BCUT2D eigenvalue weighted by molar-refractivity contribution is 8.00. The van der Waals surface area contributed by atoms with Gasteiger partial charge in [-0.3, -0.25) is 4.79 Å². The molecular weight excluding hydrogens is 330 g/mol. The summed E-state index contributed by atoms with van der Waals surface area (Å²) in [5, 5.41) is 9.73. The van der Waals surface area contributed by atoms with E-state index in [1.807, 2.05) is 69.0 Å². The molecule has 0 aliphatic heterocycles. The van der Waals surface area contributed by atoms with E-state index in [1.54, 1.807) is 0 Å². The van der Waals surface area contributed by atoms with Gasteiger partial charge in [-0.05, 0) is 44.9 Å². The second-order valence-electron chi connectivity index (χ2n) is 5.97. The molecular formula is C20H23N3OS. The van der Waals surface area contributed by atoms with Crippen LogP contribution in [0.15, 0.2) is 41.4 Å². The monoisotopic (exact) mass is 353 g/mol. The number of hydrogen-bond donors (Lipinski definition) is 0. The van der Waals surface area contributed by atoms with Crippen molar-refractivity contribution < 1.29 is 4.79 Å². The number of pyridine rings is 1. The molecule has 1 heterocycles. The van der Waals surface area contributed by atoms with E-state index in [-0.39, 0.29) is 11.2 Å². The molecule has 0 radical (unpaired) electrons. The van der Waals surface area contributed by atoms with Crippen molar-refractivity contribution in [3.05, 3.63) is 58.8 Å². The van der Waals surface area contributed by atoms with Crippen molar-refractivity contribution in [2.24, 2.45) is 0 Å². The lowest BCUT2D eigenvalue weighted by molar-refractivity contribution is -0.130. The molecule has 1 aromatic carbocycles. The molecule has 0 bridgehead atoms. The lowest BCUT2D eigenvalue weighted by Crippen LogP contribution is -2.36. The molecule has 0 fully saturated rings. The van der Waals surface area contributed by atoms with Crippen LogP contribution in [0.25, 0.3) is 0 Å². The highest BCUT2D eigenvalue weighted by Gasteiger charge is 2.23. The maximum absolute atomic E-state index is 12.8. The van der Waals surface area contributed by atoms with Crippen molar-refractivity contribution in [2.75, 3.05) is 6.54 Å². The van der Waals surface area contributed by atoms with Gasteiger partial charge in [0.05, 0.1) is 10.8 Å².